The van der Waals surface area contributed by atoms with Gasteiger partial charge in [-0.25, -0.2) is 26.3 Å². The van der Waals surface area contributed by atoms with E-state index in [1.54, 1.807) is 0 Å². The number of unbranched alkanes of at least 4 members (excludes halogenated alkanes) is 2. The Morgan fingerprint density at radius 2 is 1.09 bits per heavy atom. The van der Waals surface area contributed by atoms with E-state index in [9.17, 15) is 30.7 Å². The third-order valence-electron chi connectivity index (χ3n) is 7.39. The van der Waals surface area contributed by atoms with Crippen molar-refractivity contribution in [3.05, 3.63) is 137 Å². The van der Waals surface area contributed by atoms with Crippen molar-refractivity contribution in [3.63, 3.8) is 0 Å². The van der Waals surface area contributed by atoms with Crippen LogP contribution in [0.3, 0.4) is 0 Å². The predicted octanol–water partition coefficient (Wildman–Crippen LogP) is 11.4. The molecule has 0 amide bonds. The van der Waals surface area contributed by atoms with Gasteiger partial charge in [-0.15, -0.1) is 0 Å². The summed E-state index contributed by atoms with van der Waals surface area (Å²) >= 11 is 0. The number of alkyl halides is 2. The zero-order valence-corrected chi connectivity index (χ0v) is 23.9. The Balaban J connectivity index is 1.31. The summed E-state index contributed by atoms with van der Waals surface area (Å²) in [6.07, 6.45) is -0.579. The van der Waals surface area contributed by atoms with Crippen molar-refractivity contribution < 1.29 is 39.9 Å². The number of benzene rings is 5. The average molecular weight is 627 g/mol. The first-order valence-electron chi connectivity index (χ1n) is 14.2. The van der Waals surface area contributed by atoms with E-state index in [1.807, 2.05) is 6.92 Å². The van der Waals surface area contributed by atoms with Crippen LogP contribution in [0.25, 0.3) is 33.4 Å². The highest BCUT2D eigenvalue weighted by Crippen LogP contribution is 2.36. The third-order valence-corrected chi connectivity index (χ3v) is 7.39. The fourth-order valence-corrected chi connectivity index (χ4v) is 5.00. The summed E-state index contributed by atoms with van der Waals surface area (Å²) < 4.78 is 120. The Bertz CT molecular complexity index is 1810. The molecular weight excluding hydrogens is 600 g/mol. The van der Waals surface area contributed by atoms with Gasteiger partial charge in [-0.2, -0.15) is 8.78 Å². The number of rotatable bonds is 10. The van der Waals surface area contributed by atoms with Gasteiger partial charge < -0.3 is 4.74 Å². The van der Waals surface area contributed by atoms with E-state index in [0.29, 0.717) is 35.2 Å². The second-order valence-corrected chi connectivity index (χ2v) is 10.6. The van der Waals surface area contributed by atoms with Crippen LogP contribution in [-0.2, 0) is 12.5 Å². The van der Waals surface area contributed by atoms with Gasteiger partial charge in [0.25, 0.3) is 0 Å². The lowest BCUT2D eigenvalue weighted by Gasteiger charge is -2.19. The largest absolute Gasteiger partial charge is 0.429 e. The van der Waals surface area contributed by atoms with E-state index >= 15 is 4.39 Å². The Labute approximate surface area is 254 Å². The van der Waals surface area contributed by atoms with Crippen molar-refractivity contribution >= 4 is 0 Å². The van der Waals surface area contributed by atoms with Gasteiger partial charge in [0, 0.05) is 11.1 Å². The van der Waals surface area contributed by atoms with Crippen LogP contribution in [0.4, 0.5) is 35.1 Å². The van der Waals surface area contributed by atoms with Crippen LogP contribution < -0.4 is 4.74 Å². The van der Waals surface area contributed by atoms with Gasteiger partial charge in [0.2, 0.25) is 0 Å². The molecule has 0 saturated carbocycles. The van der Waals surface area contributed by atoms with Crippen molar-refractivity contribution in [1.82, 2.24) is 0 Å². The first kappa shape index (κ1) is 31.8. The van der Waals surface area contributed by atoms with E-state index < -0.39 is 46.6 Å². The summed E-state index contributed by atoms with van der Waals surface area (Å²) in [4.78, 5) is 0. The molecule has 5 aromatic carbocycles. The van der Waals surface area contributed by atoms with E-state index in [2.05, 4.69) is 0 Å². The molecule has 0 unspecified atom stereocenters. The highest BCUT2D eigenvalue weighted by atomic mass is 19.3. The number of aryl methyl sites for hydroxylation is 1. The number of hydrogen-bond acceptors (Lipinski definition) is 1. The molecule has 232 valence electrons. The maximum absolute atomic E-state index is 15.1. The quantitative estimate of drug-likeness (QED) is 0.0852. The van der Waals surface area contributed by atoms with E-state index in [1.165, 1.54) is 60.7 Å². The van der Waals surface area contributed by atoms with Gasteiger partial charge in [-0.1, -0.05) is 62.2 Å². The lowest BCUT2D eigenvalue weighted by Crippen LogP contribution is -2.23. The van der Waals surface area contributed by atoms with Crippen LogP contribution >= 0.6 is 0 Å². The summed E-state index contributed by atoms with van der Waals surface area (Å²) in [7, 11) is 0. The molecule has 0 fully saturated rings. The van der Waals surface area contributed by atoms with Gasteiger partial charge >= 0.3 is 6.11 Å². The summed E-state index contributed by atoms with van der Waals surface area (Å²) in [5.74, 6) is -7.54. The van der Waals surface area contributed by atoms with Crippen molar-refractivity contribution in [2.24, 2.45) is 0 Å². The molecule has 0 aromatic heterocycles. The Morgan fingerprint density at radius 3 is 1.69 bits per heavy atom. The summed E-state index contributed by atoms with van der Waals surface area (Å²) in [6, 6.07) is 17.9. The molecule has 0 aliphatic carbocycles. The molecule has 5 aromatic rings. The van der Waals surface area contributed by atoms with E-state index in [4.69, 9.17) is 4.74 Å². The smallest absolute Gasteiger partial charge is 0.429 e. The first-order chi connectivity index (χ1) is 21.5. The second-order valence-electron chi connectivity index (χ2n) is 10.6. The highest BCUT2D eigenvalue weighted by Gasteiger charge is 2.37. The highest BCUT2D eigenvalue weighted by molar-refractivity contribution is 5.74. The topological polar surface area (TPSA) is 9.23 Å². The molecule has 0 aliphatic rings. The molecule has 1 nitrogen and oxygen atoms in total. The summed E-state index contributed by atoms with van der Waals surface area (Å²) in [5.41, 5.74) is 0.318. The molecule has 0 atom stereocenters. The molecule has 5 rings (SSSR count). The lowest BCUT2D eigenvalue weighted by molar-refractivity contribution is -0.187. The molecule has 9 heteroatoms. The van der Waals surface area contributed by atoms with E-state index in [-0.39, 0.29) is 28.0 Å². The molecule has 0 radical (unpaired) electrons. The molecule has 0 spiro atoms. The SMILES string of the molecule is CCCCCc1ccc(C(F)(F)Oc2ccc(-c3ccc(-c4ccc(-c5cc(F)c(F)c(F)c5)c(F)c4)c(F)c3)cc2)c(F)c1. The Hall–Kier alpha value is -4.66. The van der Waals surface area contributed by atoms with Gasteiger partial charge in [0.1, 0.15) is 23.2 Å². The lowest BCUT2D eigenvalue weighted by atomic mass is 9.97. The van der Waals surface area contributed by atoms with Crippen LogP contribution in [0.1, 0.15) is 37.3 Å². The zero-order valence-electron chi connectivity index (χ0n) is 23.9. The molecule has 0 heterocycles. The van der Waals surface area contributed by atoms with Crippen LogP contribution in [0.5, 0.6) is 5.75 Å². The Kier molecular flexibility index (Phi) is 9.27. The Morgan fingerprint density at radius 1 is 0.533 bits per heavy atom. The number of hydrogen-bond donors (Lipinski definition) is 0. The number of halogens is 8. The molecule has 0 N–H and O–H groups in total. The number of ether oxygens (including phenoxy) is 1. The molecule has 0 saturated heterocycles. The minimum Gasteiger partial charge on any atom is -0.429 e. The average Bonchev–Trinajstić information content (AvgIpc) is 3.00. The van der Waals surface area contributed by atoms with Crippen molar-refractivity contribution in [3.8, 4) is 39.1 Å². The van der Waals surface area contributed by atoms with Crippen LogP contribution in [0.15, 0.2) is 91.0 Å². The molecule has 0 aliphatic heterocycles. The van der Waals surface area contributed by atoms with Crippen molar-refractivity contribution in [2.75, 3.05) is 0 Å². The standard InChI is InChI=1S/C36H26F8O/c1-2-3-4-5-21-6-15-29(32(39)16-21)36(43,44)45-26-11-7-22(8-12-26)23-9-13-27(30(37)17-23)24-10-14-28(31(38)18-24)25-19-33(40)35(42)34(41)20-25/h6-20H,2-5H2,1H3. The maximum Gasteiger partial charge on any atom is 0.429 e. The minimum atomic E-state index is -3.94. The van der Waals surface area contributed by atoms with Crippen LogP contribution in [0.2, 0.25) is 0 Å². The summed E-state index contributed by atoms with van der Waals surface area (Å²) in [5, 5.41) is 0. The second kappa shape index (κ2) is 13.1. The molecule has 45 heavy (non-hydrogen) atoms. The fourth-order valence-electron chi connectivity index (χ4n) is 5.00. The minimum absolute atomic E-state index is 0.0265. The van der Waals surface area contributed by atoms with Gasteiger partial charge in [-0.05, 0) is 89.2 Å². The normalized spacial score (nSPS) is 11.6. The fraction of sp³-hybridized carbons (Fsp3) is 0.167. The third kappa shape index (κ3) is 7.03. The molecular formula is C36H26F8O. The first-order valence-corrected chi connectivity index (χ1v) is 14.2. The van der Waals surface area contributed by atoms with Crippen LogP contribution in [-0.4, -0.2) is 0 Å². The monoisotopic (exact) mass is 626 g/mol. The van der Waals surface area contributed by atoms with Crippen molar-refractivity contribution in [2.45, 2.75) is 38.7 Å². The zero-order chi connectivity index (χ0) is 32.3. The van der Waals surface area contributed by atoms with Gasteiger partial charge in [0.15, 0.2) is 17.5 Å². The predicted molar refractivity (Wildman–Crippen MR) is 157 cm³/mol. The molecule has 0 bridgehead atoms. The van der Waals surface area contributed by atoms with Gasteiger partial charge in [0.05, 0.1) is 5.56 Å². The van der Waals surface area contributed by atoms with Gasteiger partial charge in [-0.3, -0.25) is 0 Å². The van der Waals surface area contributed by atoms with Crippen LogP contribution in [0, 0.1) is 34.9 Å². The summed E-state index contributed by atoms with van der Waals surface area (Å²) in [6.45, 7) is 2.03. The van der Waals surface area contributed by atoms with E-state index in [0.717, 1.165) is 37.5 Å². The van der Waals surface area contributed by atoms with Crippen molar-refractivity contribution in [1.29, 1.82) is 0 Å². The maximum atomic E-state index is 15.1.